The average Bonchev–Trinajstić information content (AvgIpc) is 3.37. The number of benzene rings is 1. The zero-order valence-corrected chi connectivity index (χ0v) is 15.9. The van der Waals surface area contributed by atoms with Gasteiger partial charge in [-0.15, -0.1) is 0 Å². The van der Waals surface area contributed by atoms with E-state index in [1.54, 1.807) is 43.5 Å². The van der Waals surface area contributed by atoms with Crippen molar-refractivity contribution in [2.24, 2.45) is 0 Å². The first-order valence-corrected chi connectivity index (χ1v) is 8.93. The van der Waals surface area contributed by atoms with E-state index in [1.165, 1.54) is 4.90 Å². The Hall–Kier alpha value is -3.82. The van der Waals surface area contributed by atoms with Gasteiger partial charge in [0.15, 0.2) is 5.82 Å². The van der Waals surface area contributed by atoms with Crippen LogP contribution in [0.3, 0.4) is 0 Å². The number of fused-ring (bicyclic) bond motifs is 1. The van der Waals surface area contributed by atoms with E-state index in [0.29, 0.717) is 17.2 Å². The number of hydrogen-bond acceptors (Lipinski definition) is 6. The number of methoxy groups -OCH3 is 1. The summed E-state index contributed by atoms with van der Waals surface area (Å²) in [6, 6.07) is 9.97. The van der Waals surface area contributed by atoms with Crippen LogP contribution in [0.15, 0.2) is 45.6 Å². The van der Waals surface area contributed by atoms with Gasteiger partial charge in [0.25, 0.3) is 0 Å². The van der Waals surface area contributed by atoms with Crippen LogP contribution in [0.1, 0.15) is 17.3 Å². The Labute approximate surface area is 165 Å². The van der Waals surface area contributed by atoms with Gasteiger partial charge >= 0.3 is 11.7 Å². The summed E-state index contributed by atoms with van der Waals surface area (Å²) in [5, 5.41) is 6.81. The number of hydrogen-bond donors (Lipinski definition) is 1. The first-order valence-electron chi connectivity index (χ1n) is 8.93. The number of nitrogens with zero attached hydrogens (tertiary/aromatic N) is 4. The number of carbonyl (C=O) groups is 2. The summed E-state index contributed by atoms with van der Waals surface area (Å²) in [6.07, 6.45) is 0. The number of aryl methyl sites for hydroxylation is 1. The standard InChI is InChI=1S/C19H19N5O5/c1-12-3-6-15(29-12)9-20-17(25)11-23-19(27)24-16(21-23)10-22(18(24)26)13-4-7-14(28-2)8-5-13/h3-8H,9-11H2,1-2H3,(H,20,25). The van der Waals surface area contributed by atoms with Crippen molar-refractivity contribution in [3.8, 4) is 5.75 Å². The third kappa shape index (κ3) is 3.51. The molecule has 150 valence electrons. The summed E-state index contributed by atoms with van der Waals surface area (Å²) in [5.41, 5.74) is -0.0243. The lowest BCUT2D eigenvalue weighted by Gasteiger charge is -2.15. The first kappa shape index (κ1) is 18.5. The molecule has 4 rings (SSSR count). The summed E-state index contributed by atoms with van der Waals surface area (Å²) in [5.74, 6) is 1.90. The van der Waals surface area contributed by atoms with Crippen LogP contribution in [0, 0.1) is 6.92 Å². The average molecular weight is 397 g/mol. The van der Waals surface area contributed by atoms with Crippen molar-refractivity contribution in [1.29, 1.82) is 0 Å². The van der Waals surface area contributed by atoms with Crippen molar-refractivity contribution < 1.29 is 18.7 Å². The molecular formula is C19H19N5O5. The zero-order valence-electron chi connectivity index (χ0n) is 15.9. The van der Waals surface area contributed by atoms with Crippen LogP contribution in [0.5, 0.6) is 5.75 Å². The quantitative estimate of drug-likeness (QED) is 0.670. The van der Waals surface area contributed by atoms with Crippen LogP contribution in [0.4, 0.5) is 10.5 Å². The molecule has 3 heterocycles. The van der Waals surface area contributed by atoms with Gasteiger partial charge in [-0.2, -0.15) is 9.67 Å². The maximum atomic E-state index is 12.7. The number of carbonyl (C=O) groups excluding carboxylic acids is 2. The SMILES string of the molecule is COc1ccc(N2Cc3nn(CC(=O)NCc4ccc(C)o4)c(=O)n3C2=O)cc1. The Bertz CT molecular complexity index is 1120. The third-order valence-corrected chi connectivity index (χ3v) is 4.56. The van der Waals surface area contributed by atoms with Gasteiger partial charge in [0.1, 0.15) is 23.8 Å². The van der Waals surface area contributed by atoms with Gasteiger partial charge in [-0.25, -0.2) is 14.3 Å². The monoisotopic (exact) mass is 397 g/mol. The molecule has 1 N–H and O–H groups in total. The van der Waals surface area contributed by atoms with Crippen LogP contribution in [-0.4, -0.2) is 33.4 Å². The molecule has 10 heteroatoms. The molecule has 10 nitrogen and oxygen atoms in total. The molecule has 0 saturated heterocycles. The van der Waals surface area contributed by atoms with E-state index in [1.807, 2.05) is 6.92 Å². The Balaban J connectivity index is 1.44. The Morgan fingerprint density at radius 2 is 1.97 bits per heavy atom. The maximum absolute atomic E-state index is 12.7. The number of ether oxygens (including phenoxy) is 1. The number of aromatic nitrogens is 3. The fraction of sp³-hybridized carbons (Fsp3) is 0.263. The summed E-state index contributed by atoms with van der Waals surface area (Å²) >= 11 is 0. The fourth-order valence-corrected chi connectivity index (χ4v) is 3.10. The molecule has 0 fully saturated rings. The predicted molar refractivity (Wildman–Crippen MR) is 102 cm³/mol. The Morgan fingerprint density at radius 3 is 2.59 bits per heavy atom. The van der Waals surface area contributed by atoms with Gasteiger partial charge < -0.3 is 14.5 Å². The topological polar surface area (TPSA) is 112 Å². The van der Waals surface area contributed by atoms with E-state index < -0.39 is 17.6 Å². The lowest BCUT2D eigenvalue weighted by atomic mass is 10.3. The maximum Gasteiger partial charge on any atom is 0.354 e. The molecule has 2 amide bonds. The molecule has 0 radical (unpaired) electrons. The molecule has 1 aliphatic heterocycles. The molecule has 0 aliphatic carbocycles. The van der Waals surface area contributed by atoms with Crippen LogP contribution in [0.25, 0.3) is 0 Å². The summed E-state index contributed by atoms with van der Waals surface area (Å²) < 4.78 is 12.5. The molecular weight excluding hydrogens is 378 g/mol. The summed E-state index contributed by atoms with van der Waals surface area (Å²) in [6.45, 7) is 1.87. The van der Waals surface area contributed by atoms with E-state index in [9.17, 15) is 14.4 Å². The minimum atomic E-state index is -0.648. The minimum Gasteiger partial charge on any atom is -0.497 e. The molecule has 0 bridgehead atoms. The normalized spacial score (nSPS) is 12.9. The van der Waals surface area contributed by atoms with Crippen molar-refractivity contribution in [1.82, 2.24) is 19.7 Å². The highest BCUT2D eigenvalue weighted by Gasteiger charge is 2.33. The van der Waals surface area contributed by atoms with Crippen LogP contribution in [0.2, 0.25) is 0 Å². The van der Waals surface area contributed by atoms with Gasteiger partial charge in [0.2, 0.25) is 5.91 Å². The largest absolute Gasteiger partial charge is 0.497 e. The van der Waals surface area contributed by atoms with E-state index in [-0.39, 0.29) is 25.5 Å². The number of amides is 2. The van der Waals surface area contributed by atoms with Gasteiger partial charge in [-0.3, -0.25) is 9.69 Å². The molecule has 1 aromatic carbocycles. The molecule has 3 aromatic rings. The number of nitrogens with one attached hydrogen (secondary N) is 1. The second-order valence-electron chi connectivity index (χ2n) is 6.55. The van der Waals surface area contributed by atoms with Crippen molar-refractivity contribution in [3.63, 3.8) is 0 Å². The second kappa shape index (κ2) is 7.30. The number of rotatable bonds is 6. The summed E-state index contributed by atoms with van der Waals surface area (Å²) in [7, 11) is 1.56. The Morgan fingerprint density at radius 1 is 1.21 bits per heavy atom. The second-order valence-corrected chi connectivity index (χ2v) is 6.55. The zero-order chi connectivity index (χ0) is 20.5. The van der Waals surface area contributed by atoms with Gasteiger partial charge in [0.05, 0.1) is 20.2 Å². The fourth-order valence-electron chi connectivity index (χ4n) is 3.10. The van der Waals surface area contributed by atoms with E-state index in [2.05, 4.69) is 10.4 Å². The predicted octanol–water partition coefficient (Wildman–Crippen LogP) is 1.26. The molecule has 1 aliphatic rings. The highest BCUT2D eigenvalue weighted by Crippen LogP contribution is 2.24. The molecule has 0 unspecified atom stereocenters. The smallest absolute Gasteiger partial charge is 0.354 e. The van der Waals surface area contributed by atoms with E-state index in [0.717, 1.165) is 15.0 Å². The van der Waals surface area contributed by atoms with Gasteiger partial charge in [-0.05, 0) is 43.3 Å². The highest BCUT2D eigenvalue weighted by molar-refractivity contribution is 5.96. The number of anilines is 1. The van der Waals surface area contributed by atoms with E-state index >= 15 is 0 Å². The minimum absolute atomic E-state index is 0.140. The molecule has 0 atom stereocenters. The first-order chi connectivity index (χ1) is 14.0. The van der Waals surface area contributed by atoms with E-state index in [4.69, 9.17) is 9.15 Å². The molecule has 2 aromatic heterocycles. The Kier molecular flexibility index (Phi) is 4.67. The lowest BCUT2D eigenvalue weighted by Crippen LogP contribution is -2.37. The highest BCUT2D eigenvalue weighted by atomic mass is 16.5. The van der Waals surface area contributed by atoms with Crippen LogP contribution < -0.4 is 20.6 Å². The van der Waals surface area contributed by atoms with Crippen molar-refractivity contribution in [3.05, 3.63) is 64.2 Å². The van der Waals surface area contributed by atoms with Crippen molar-refractivity contribution in [2.45, 2.75) is 26.6 Å². The molecule has 0 saturated carbocycles. The molecule has 0 spiro atoms. The summed E-state index contributed by atoms with van der Waals surface area (Å²) in [4.78, 5) is 38.8. The van der Waals surface area contributed by atoms with Crippen LogP contribution in [-0.2, 0) is 24.4 Å². The van der Waals surface area contributed by atoms with Crippen molar-refractivity contribution in [2.75, 3.05) is 12.0 Å². The lowest BCUT2D eigenvalue weighted by molar-refractivity contribution is -0.122. The van der Waals surface area contributed by atoms with Gasteiger partial charge in [0, 0.05) is 5.69 Å². The van der Waals surface area contributed by atoms with Crippen molar-refractivity contribution >= 4 is 17.6 Å². The number of furan rings is 1. The van der Waals surface area contributed by atoms with Gasteiger partial charge in [-0.1, -0.05) is 0 Å². The van der Waals surface area contributed by atoms with Crippen LogP contribution >= 0.6 is 0 Å². The third-order valence-electron chi connectivity index (χ3n) is 4.56. The molecule has 29 heavy (non-hydrogen) atoms.